The molecule has 2 N–H and O–H groups in total. The van der Waals surface area contributed by atoms with Crippen LogP contribution in [0.2, 0.25) is 5.02 Å². The SMILES string of the molecule is CC(NC(=O)C1CCCCCN1)c1ccccc1Cl. The molecule has 1 aliphatic rings. The van der Waals surface area contributed by atoms with E-state index in [-0.39, 0.29) is 18.0 Å². The number of nitrogens with one attached hydrogen (secondary N) is 2. The van der Waals surface area contributed by atoms with Crippen LogP contribution in [0.4, 0.5) is 0 Å². The van der Waals surface area contributed by atoms with Crippen molar-refractivity contribution in [1.82, 2.24) is 10.6 Å². The highest BCUT2D eigenvalue weighted by Crippen LogP contribution is 2.22. The van der Waals surface area contributed by atoms with Crippen LogP contribution in [0.1, 0.15) is 44.2 Å². The normalized spacial score (nSPS) is 21.5. The molecule has 3 nitrogen and oxygen atoms in total. The highest BCUT2D eigenvalue weighted by atomic mass is 35.5. The van der Waals surface area contributed by atoms with Crippen LogP contribution >= 0.6 is 11.6 Å². The van der Waals surface area contributed by atoms with Gasteiger partial charge in [0, 0.05) is 5.02 Å². The van der Waals surface area contributed by atoms with Crippen molar-refractivity contribution in [3.05, 3.63) is 34.9 Å². The van der Waals surface area contributed by atoms with Crippen molar-refractivity contribution in [1.29, 1.82) is 0 Å². The number of carbonyl (C=O) groups is 1. The van der Waals surface area contributed by atoms with Gasteiger partial charge in [0.1, 0.15) is 0 Å². The fourth-order valence-electron chi connectivity index (χ4n) is 2.47. The van der Waals surface area contributed by atoms with Crippen LogP contribution in [0.5, 0.6) is 0 Å². The fraction of sp³-hybridized carbons (Fsp3) is 0.533. The third-order valence-electron chi connectivity index (χ3n) is 3.61. The van der Waals surface area contributed by atoms with Gasteiger partial charge in [-0.2, -0.15) is 0 Å². The van der Waals surface area contributed by atoms with Gasteiger partial charge >= 0.3 is 0 Å². The maximum atomic E-state index is 12.2. The lowest BCUT2D eigenvalue weighted by molar-refractivity contribution is -0.123. The molecule has 1 aliphatic heterocycles. The fourth-order valence-corrected chi connectivity index (χ4v) is 2.77. The van der Waals surface area contributed by atoms with E-state index in [1.54, 1.807) is 0 Å². The smallest absolute Gasteiger partial charge is 0.237 e. The van der Waals surface area contributed by atoms with Crippen LogP contribution < -0.4 is 10.6 Å². The molecule has 2 rings (SSSR count). The van der Waals surface area contributed by atoms with Crippen LogP contribution in [0, 0.1) is 0 Å². The van der Waals surface area contributed by atoms with E-state index in [1.165, 1.54) is 6.42 Å². The Balaban J connectivity index is 1.96. The van der Waals surface area contributed by atoms with E-state index in [0.717, 1.165) is 31.4 Å². The Bertz CT molecular complexity index is 428. The second-order valence-corrected chi connectivity index (χ2v) is 5.52. The van der Waals surface area contributed by atoms with E-state index in [1.807, 2.05) is 31.2 Å². The zero-order chi connectivity index (χ0) is 13.7. The highest BCUT2D eigenvalue weighted by Gasteiger charge is 2.21. The number of amides is 1. The van der Waals surface area contributed by atoms with Crippen LogP contribution in [-0.4, -0.2) is 18.5 Å². The molecule has 0 aliphatic carbocycles. The monoisotopic (exact) mass is 280 g/mol. The lowest BCUT2D eigenvalue weighted by atomic mass is 10.1. The van der Waals surface area contributed by atoms with Gasteiger partial charge in [-0.15, -0.1) is 0 Å². The van der Waals surface area contributed by atoms with Gasteiger partial charge in [-0.3, -0.25) is 4.79 Å². The molecule has 1 heterocycles. The second kappa shape index (κ2) is 6.92. The summed E-state index contributed by atoms with van der Waals surface area (Å²) in [6.45, 7) is 2.90. The van der Waals surface area contributed by atoms with Crippen molar-refractivity contribution in [3.63, 3.8) is 0 Å². The Morgan fingerprint density at radius 2 is 2.16 bits per heavy atom. The number of benzene rings is 1. The summed E-state index contributed by atoms with van der Waals surface area (Å²) >= 11 is 6.15. The first kappa shape index (κ1) is 14.4. The Morgan fingerprint density at radius 1 is 1.37 bits per heavy atom. The zero-order valence-corrected chi connectivity index (χ0v) is 12.0. The summed E-state index contributed by atoms with van der Waals surface area (Å²) < 4.78 is 0. The number of carbonyl (C=O) groups excluding carboxylic acids is 1. The number of hydrogen-bond acceptors (Lipinski definition) is 2. The van der Waals surface area contributed by atoms with E-state index in [9.17, 15) is 4.79 Å². The third-order valence-corrected chi connectivity index (χ3v) is 3.95. The zero-order valence-electron chi connectivity index (χ0n) is 11.3. The molecule has 2 atom stereocenters. The summed E-state index contributed by atoms with van der Waals surface area (Å²) in [4.78, 5) is 12.2. The van der Waals surface area contributed by atoms with E-state index < -0.39 is 0 Å². The first-order chi connectivity index (χ1) is 9.18. The molecular formula is C15H21ClN2O. The Hall–Kier alpha value is -1.06. The first-order valence-electron chi connectivity index (χ1n) is 6.96. The molecule has 1 aromatic carbocycles. The average molecular weight is 281 g/mol. The van der Waals surface area contributed by atoms with Gasteiger partial charge in [0.05, 0.1) is 12.1 Å². The van der Waals surface area contributed by atoms with Crippen LogP contribution in [-0.2, 0) is 4.79 Å². The molecule has 2 unspecified atom stereocenters. The van der Waals surface area contributed by atoms with Crippen molar-refractivity contribution in [3.8, 4) is 0 Å². The molecule has 4 heteroatoms. The van der Waals surface area contributed by atoms with Crippen molar-refractivity contribution in [2.75, 3.05) is 6.54 Å². The summed E-state index contributed by atoms with van der Waals surface area (Å²) in [5.41, 5.74) is 0.964. The molecule has 1 aromatic rings. The number of hydrogen-bond donors (Lipinski definition) is 2. The van der Waals surface area contributed by atoms with Gasteiger partial charge in [0.2, 0.25) is 5.91 Å². The quantitative estimate of drug-likeness (QED) is 0.893. The molecule has 1 saturated heterocycles. The number of halogens is 1. The van der Waals surface area contributed by atoms with Crippen molar-refractivity contribution >= 4 is 17.5 Å². The van der Waals surface area contributed by atoms with E-state index in [0.29, 0.717) is 5.02 Å². The largest absolute Gasteiger partial charge is 0.348 e. The van der Waals surface area contributed by atoms with Crippen molar-refractivity contribution < 1.29 is 4.79 Å². The molecule has 19 heavy (non-hydrogen) atoms. The molecule has 0 aromatic heterocycles. The van der Waals surface area contributed by atoms with Crippen LogP contribution in [0.15, 0.2) is 24.3 Å². The lowest BCUT2D eigenvalue weighted by Gasteiger charge is -2.20. The van der Waals surface area contributed by atoms with Crippen LogP contribution in [0.25, 0.3) is 0 Å². The highest BCUT2D eigenvalue weighted by molar-refractivity contribution is 6.31. The summed E-state index contributed by atoms with van der Waals surface area (Å²) in [6.07, 6.45) is 4.40. The first-order valence-corrected chi connectivity index (χ1v) is 7.34. The maximum absolute atomic E-state index is 12.2. The molecule has 104 valence electrons. The van der Waals surface area contributed by atoms with Crippen molar-refractivity contribution in [2.24, 2.45) is 0 Å². The minimum Gasteiger partial charge on any atom is -0.348 e. The topological polar surface area (TPSA) is 41.1 Å². The van der Waals surface area contributed by atoms with E-state index in [4.69, 9.17) is 11.6 Å². The molecule has 0 radical (unpaired) electrons. The second-order valence-electron chi connectivity index (χ2n) is 5.11. The van der Waals surface area contributed by atoms with Gasteiger partial charge in [0.15, 0.2) is 0 Å². The maximum Gasteiger partial charge on any atom is 0.237 e. The molecular weight excluding hydrogens is 260 g/mol. The molecule has 0 bridgehead atoms. The van der Waals surface area contributed by atoms with Gasteiger partial charge in [0.25, 0.3) is 0 Å². The minimum atomic E-state index is -0.0637. The summed E-state index contributed by atoms with van der Waals surface area (Å²) in [5.74, 6) is 0.0781. The molecule has 0 spiro atoms. The van der Waals surface area contributed by atoms with E-state index in [2.05, 4.69) is 10.6 Å². The third kappa shape index (κ3) is 3.95. The van der Waals surface area contributed by atoms with Gasteiger partial charge < -0.3 is 10.6 Å². The minimum absolute atomic E-state index is 0.0626. The Labute approximate surface area is 119 Å². The summed E-state index contributed by atoms with van der Waals surface area (Å²) in [7, 11) is 0. The predicted octanol–water partition coefficient (Wildman–Crippen LogP) is 3.05. The summed E-state index contributed by atoms with van der Waals surface area (Å²) in [5, 5.41) is 7.05. The summed E-state index contributed by atoms with van der Waals surface area (Å²) in [6, 6.07) is 7.51. The van der Waals surface area contributed by atoms with Gasteiger partial charge in [-0.25, -0.2) is 0 Å². The lowest BCUT2D eigenvalue weighted by Crippen LogP contribution is -2.44. The van der Waals surface area contributed by atoms with Crippen molar-refractivity contribution in [2.45, 2.75) is 44.7 Å². The van der Waals surface area contributed by atoms with Gasteiger partial charge in [-0.05, 0) is 37.9 Å². The molecule has 0 saturated carbocycles. The molecule has 1 fully saturated rings. The predicted molar refractivity (Wildman–Crippen MR) is 78.3 cm³/mol. The Kier molecular flexibility index (Phi) is 5.23. The number of rotatable bonds is 3. The van der Waals surface area contributed by atoms with Crippen LogP contribution in [0.3, 0.4) is 0 Å². The molecule has 1 amide bonds. The van der Waals surface area contributed by atoms with Gasteiger partial charge in [-0.1, -0.05) is 42.6 Å². The van der Waals surface area contributed by atoms with E-state index >= 15 is 0 Å². The average Bonchev–Trinajstić information content (AvgIpc) is 2.68. The Morgan fingerprint density at radius 3 is 2.95 bits per heavy atom. The standard InChI is InChI=1S/C15H21ClN2O/c1-11(12-7-4-5-8-13(12)16)18-15(19)14-9-3-2-6-10-17-14/h4-5,7-8,11,14,17H,2-3,6,9-10H2,1H3,(H,18,19).